The number of nitrogens with one attached hydrogen (secondary N) is 1. The predicted molar refractivity (Wildman–Crippen MR) is 89.5 cm³/mol. The van der Waals surface area contributed by atoms with Crippen LogP contribution in [0.4, 0.5) is 5.69 Å². The highest BCUT2D eigenvalue weighted by molar-refractivity contribution is 7.90. The van der Waals surface area contributed by atoms with Crippen LogP contribution in [0.2, 0.25) is 0 Å². The summed E-state index contributed by atoms with van der Waals surface area (Å²) in [7, 11) is -0.571. The zero-order valence-corrected chi connectivity index (χ0v) is 14.2. The third-order valence-electron chi connectivity index (χ3n) is 3.00. The van der Waals surface area contributed by atoms with E-state index in [0.29, 0.717) is 23.9 Å². The van der Waals surface area contributed by atoms with Crippen molar-refractivity contribution in [1.29, 1.82) is 0 Å². The molecule has 0 bridgehead atoms. The van der Waals surface area contributed by atoms with Gasteiger partial charge in [0.15, 0.2) is 0 Å². The van der Waals surface area contributed by atoms with Crippen molar-refractivity contribution in [3.8, 4) is 17.1 Å². The smallest absolute Gasteiger partial charge is 0.301 e. The number of benzene rings is 1. The van der Waals surface area contributed by atoms with Crippen molar-refractivity contribution in [1.82, 2.24) is 14.5 Å². The van der Waals surface area contributed by atoms with Crippen LogP contribution >= 0.6 is 0 Å². The van der Waals surface area contributed by atoms with E-state index in [-0.39, 0.29) is 0 Å². The van der Waals surface area contributed by atoms with Gasteiger partial charge in [0.2, 0.25) is 5.88 Å². The van der Waals surface area contributed by atoms with Gasteiger partial charge in [0.25, 0.3) is 0 Å². The summed E-state index contributed by atoms with van der Waals surface area (Å²) in [6.07, 6.45) is 0.910. The fourth-order valence-corrected chi connectivity index (χ4v) is 2.32. The van der Waals surface area contributed by atoms with Crippen LogP contribution in [0.3, 0.4) is 0 Å². The summed E-state index contributed by atoms with van der Waals surface area (Å²) in [6.45, 7) is 2.63. The molecule has 8 heteroatoms. The predicted octanol–water partition coefficient (Wildman–Crippen LogP) is 2.15. The Morgan fingerprint density at radius 1 is 1.09 bits per heavy atom. The zero-order chi connectivity index (χ0) is 16.9. The highest BCUT2D eigenvalue weighted by atomic mass is 32.2. The fourth-order valence-electron chi connectivity index (χ4n) is 1.71. The monoisotopic (exact) mass is 336 g/mol. The second-order valence-corrected chi connectivity index (χ2v) is 6.96. The van der Waals surface area contributed by atoms with Gasteiger partial charge in [-0.25, -0.2) is 0 Å². The van der Waals surface area contributed by atoms with E-state index in [1.807, 2.05) is 13.0 Å². The van der Waals surface area contributed by atoms with Crippen molar-refractivity contribution in [2.75, 3.05) is 25.4 Å². The summed E-state index contributed by atoms with van der Waals surface area (Å²) in [6, 6.07) is 10.5. The van der Waals surface area contributed by atoms with Gasteiger partial charge in [0, 0.05) is 31.4 Å². The molecule has 1 aromatic carbocycles. The van der Waals surface area contributed by atoms with E-state index in [9.17, 15) is 8.42 Å². The maximum absolute atomic E-state index is 11.8. The Morgan fingerprint density at radius 3 is 2.30 bits per heavy atom. The summed E-state index contributed by atoms with van der Waals surface area (Å²) in [4.78, 5) is 0. The molecule has 124 valence electrons. The highest BCUT2D eigenvalue weighted by Gasteiger charge is 2.12. The van der Waals surface area contributed by atoms with Crippen LogP contribution < -0.4 is 9.46 Å². The second kappa shape index (κ2) is 7.38. The Hall–Kier alpha value is -2.19. The lowest BCUT2D eigenvalue weighted by molar-refractivity contribution is 0.302. The molecule has 7 nitrogen and oxygen atoms in total. The summed E-state index contributed by atoms with van der Waals surface area (Å²) in [5.74, 6) is 0.492. The molecule has 0 fully saturated rings. The molecule has 1 N–H and O–H groups in total. The van der Waals surface area contributed by atoms with Gasteiger partial charge in [0.1, 0.15) is 0 Å². The molecule has 0 unspecified atom stereocenters. The van der Waals surface area contributed by atoms with E-state index < -0.39 is 10.2 Å². The molecule has 0 atom stereocenters. The van der Waals surface area contributed by atoms with Gasteiger partial charge in [0.05, 0.1) is 12.3 Å². The minimum atomic E-state index is -3.50. The Labute approximate surface area is 136 Å². The van der Waals surface area contributed by atoms with Crippen LogP contribution in [0, 0.1) is 0 Å². The molecule has 0 saturated heterocycles. The normalized spacial score (nSPS) is 11.5. The standard InChI is InChI=1S/C15H20N4O3S/c1-4-11-22-15-10-9-14(16-17-15)12-5-7-13(8-6-12)18-23(20,21)19(2)3/h5-10,18H,4,11H2,1-3H3. The highest BCUT2D eigenvalue weighted by Crippen LogP contribution is 2.21. The zero-order valence-electron chi connectivity index (χ0n) is 13.4. The van der Waals surface area contributed by atoms with Gasteiger partial charge in [-0.05, 0) is 24.6 Å². The van der Waals surface area contributed by atoms with Crippen molar-refractivity contribution in [2.24, 2.45) is 0 Å². The lowest BCUT2D eigenvalue weighted by Gasteiger charge is -2.13. The third kappa shape index (κ3) is 4.64. The average molecular weight is 336 g/mol. The van der Waals surface area contributed by atoms with Crippen molar-refractivity contribution in [3.05, 3.63) is 36.4 Å². The van der Waals surface area contributed by atoms with E-state index in [1.54, 1.807) is 30.3 Å². The van der Waals surface area contributed by atoms with Gasteiger partial charge in [-0.1, -0.05) is 19.1 Å². The van der Waals surface area contributed by atoms with E-state index in [2.05, 4.69) is 14.9 Å². The number of rotatable bonds is 7. The number of anilines is 1. The molecule has 0 radical (unpaired) electrons. The summed E-state index contributed by atoms with van der Waals surface area (Å²) < 4.78 is 32.5. The maximum atomic E-state index is 11.8. The average Bonchev–Trinajstić information content (AvgIpc) is 2.54. The Morgan fingerprint density at radius 2 is 1.78 bits per heavy atom. The molecule has 23 heavy (non-hydrogen) atoms. The Bertz CT molecular complexity index is 728. The van der Waals surface area contributed by atoms with Crippen LogP contribution in [0.15, 0.2) is 36.4 Å². The molecule has 0 amide bonds. The molecule has 0 aliphatic heterocycles. The molecular weight excluding hydrogens is 316 g/mol. The number of hydrogen-bond donors (Lipinski definition) is 1. The first-order valence-corrected chi connectivity index (χ1v) is 8.63. The quantitative estimate of drug-likeness (QED) is 0.837. The van der Waals surface area contributed by atoms with Crippen molar-refractivity contribution in [3.63, 3.8) is 0 Å². The molecular formula is C15H20N4O3S. The van der Waals surface area contributed by atoms with Crippen molar-refractivity contribution >= 4 is 15.9 Å². The van der Waals surface area contributed by atoms with Gasteiger partial charge in [-0.3, -0.25) is 4.72 Å². The minimum absolute atomic E-state index is 0.485. The van der Waals surface area contributed by atoms with Crippen molar-refractivity contribution in [2.45, 2.75) is 13.3 Å². The SMILES string of the molecule is CCCOc1ccc(-c2ccc(NS(=O)(=O)N(C)C)cc2)nn1. The Balaban J connectivity index is 2.10. The molecule has 0 aliphatic rings. The first-order chi connectivity index (χ1) is 10.9. The molecule has 0 aliphatic carbocycles. The second-order valence-electron chi connectivity index (χ2n) is 5.07. The van der Waals surface area contributed by atoms with E-state index >= 15 is 0 Å². The lowest BCUT2D eigenvalue weighted by atomic mass is 10.1. The first-order valence-electron chi connectivity index (χ1n) is 7.19. The third-order valence-corrected chi connectivity index (χ3v) is 4.46. The van der Waals surface area contributed by atoms with Crippen molar-refractivity contribution < 1.29 is 13.2 Å². The largest absolute Gasteiger partial charge is 0.477 e. The number of nitrogens with zero attached hydrogens (tertiary/aromatic N) is 3. The van der Waals surface area contributed by atoms with Crippen LogP contribution in [0.5, 0.6) is 5.88 Å². The van der Waals surface area contributed by atoms with E-state index in [4.69, 9.17) is 4.74 Å². The number of hydrogen-bond acceptors (Lipinski definition) is 5. The van der Waals surface area contributed by atoms with Crippen LogP contribution in [-0.2, 0) is 10.2 Å². The van der Waals surface area contributed by atoms with Gasteiger partial charge < -0.3 is 4.74 Å². The minimum Gasteiger partial charge on any atom is -0.477 e. The van der Waals surface area contributed by atoms with Crippen LogP contribution in [0.25, 0.3) is 11.3 Å². The molecule has 0 spiro atoms. The molecule has 1 heterocycles. The maximum Gasteiger partial charge on any atom is 0.301 e. The van der Waals surface area contributed by atoms with Crippen LogP contribution in [0.1, 0.15) is 13.3 Å². The van der Waals surface area contributed by atoms with Gasteiger partial charge in [-0.15, -0.1) is 10.2 Å². The molecule has 1 aromatic heterocycles. The molecule has 2 rings (SSSR count). The Kier molecular flexibility index (Phi) is 5.51. The first kappa shape index (κ1) is 17.2. The van der Waals surface area contributed by atoms with E-state index in [1.165, 1.54) is 14.1 Å². The fraction of sp³-hybridized carbons (Fsp3) is 0.333. The van der Waals surface area contributed by atoms with E-state index in [0.717, 1.165) is 16.3 Å². The molecule has 0 saturated carbocycles. The molecule has 2 aromatic rings. The van der Waals surface area contributed by atoms with Crippen LogP contribution in [-0.4, -0.2) is 43.6 Å². The van der Waals surface area contributed by atoms with Gasteiger partial charge in [-0.2, -0.15) is 12.7 Å². The number of ether oxygens (including phenoxy) is 1. The van der Waals surface area contributed by atoms with Gasteiger partial charge >= 0.3 is 10.2 Å². The lowest BCUT2D eigenvalue weighted by Crippen LogP contribution is -2.28. The topological polar surface area (TPSA) is 84.4 Å². The summed E-state index contributed by atoms with van der Waals surface area (Å²) in [5.41, 5.74) is 2.02. The summed E-state index contributed by atoms with van der Waals surface area (Å²) >= 11 is 0. The number of aromatic nitrogens is 2. The summed E-state index contributed by atoms with van der Waals surface area (Å²) in [5, 5.41) is 8.12.